The number of rotatable bonds is 3. The van der Waals surface area contributed by atoms with Crippen LogP contribution in [0.15, 0.2) is 54.9 Å². The zero-order valence-electron chi connectivity index (χ0n) is 14.8. The van der Waals surface area contributed by atoms with Crippen molar-refractivity contribution < 1.29 is 4.79 Å². The molecule has 132 valence electrons. The fourth-order valence-corrected chi connectivity index (χ4v) is 3.66. The molecule has 3 N–H and O–H groups in total. The predicted molar refractivity (Wildman–Crippen MR) is 103 cm³/mol. The molecule has 5 heteroatoms. The number of benzene rings is 2. The van der Waals surface area contributed by atoms with E-state index in [9.17, 15) is 4.79 Å². The molecule has 2 aromatic carbocycles. The van der Waals surface area contributed by atoms with Crippen molar-refractivity contribution in [3.05, 3.63) is 71.5 Å². The van der Waals surface area contributed by atoms with E-state index in [4.69, 9.17) is 0 Å². The zero-order valence-corrected chi connectivity index (χ0v) is 14.8. The number of anilines is 1. The lowest BCUT2D eigenvalue weighted by molar-refractivity contribution is 0.247. The van der Waals surface area contributed by atoms with Crippen molar-refractivity contribution in [1.82, 2.24) is 15.5 Å². The second-order valence-electron chi connectivity index (χ2n) is 6.75. The van der Waals surface area contributed by atoms with Crippen LogP contribution in [0, 0.1) is 6.92 Å². The predicted octanol–water partition coefficient (Wildman–Crippen LogP) is 4.58. The first kappa shape index (κ1) is 16.4. The van der Waals surface area contributed by atoms with E-state index in [-0.39, 0.29) is 12.1 Å². The normalized spacial score (nSPS) is 16.0. The Morgan fingerprint density at radius 2 is 2.00 bits per heavy atom. The first-order valence-corrected chi connectivity index (χ1v) is 8.96. The van der Waals surface area contributed by atoms with E-state index in [1.165, 1.54) is 16.7 Å². The molecule has 3 aromatic rings. The average molecular weight is 346 g/mol. The van der Waals surface area contributed by atoms with Crippen LogP contribution in [0.2, 0.25) is 0 Å². The molecule has 1 aromatic heterocycles. The summed E-state index contributed by atoms with van der Waals surface area (Å²) in [5.74, 6) is 0. The van der Waals surface area contributed by atoms with E-state index in [0.717, 1.165) is 36.1 Å². The minimum Gasteiger partial charge on any atom is -0.331 e. The largest absolute Gasteiger partial charge is 0.331 e. The molecule has 0 aliphatic heterocycles. The zero-order chi connectivity index (χ0) is 17.9. The van der Waals surface area contributed by atoms with Crippen molar-refractivity contribution in [2.75, 3.05) is 5.32 Å². The van der Waals surface area contributed by atoms with Crippen LogP contribution in [-0.2, 0) is 6.42 Å². The highest BCUT2D eigenvalue weighted by Gasteiger charge is 2.22. The molecule has 4 rings (SSSR count). The molecule has 1 unspecified atom stereocenters. The quantitative estimate of drug-likeness (QED) is 0.649. The molecule has 1 aliphatic rings. The molecule has 2 amide bonds. The van der Waals surface area contributed by atoms with Crippen LogP contribution in [0.1, 0.15) is 35.6 Å². The monoisotopic (exact) mass is 346 g/mol. The summed E-state index contributed by atoms with van der Waals surface area (Å²) in [6, 6.07) is 14.0. The summed E-state index contributed by atoms with van der Waals surface area (Å²) in [5.41, 5.74) is 6.80. The molecule has 1 aliphatic carbocycles. The summed E-state index contributed by atoms with van der Waals surface area (Å²) in [7, 11) is 0. The van der Waals surface area contributed by atoms with E-state index < -0.39 is 0 Å². The molecule has 1 atom stereocenters. The molecule has 0 saturated carbocycles. The highest BCUT2D eigenvalue weighted by molar-refractivity contribution is 5.90. The number of hydrogen-bond donors (Lipinski definition) is 3. The molecule has 26 heavy (non-hydrogen) atoms. The fraction of sp³-hybridized carbons (Fsp3) is 0.238. The SMILES string of the molecule is Cc1cccc2c1CCCC2NC(=O)Nc1ccc(-c2cn[nH]c2)cc1. The van der Waals surface area contributed by atoms with Crippen molar-refractivity contribution in [3.8, 4) is 11.1 Å². The maximum Gasteiger partial charge on any atom is 0.319 e. The molecule has 0 bridgehead atoms. The maximum absolute atomic E-state index is 12.5. The van der Waals surface area contributed by atoms with Crippen molar-refractivity contribution in [2.45, 2.75) is 32.2 Å². The van der Waals surface area contributed by atoms with Crippen molar-refractivity contribution in [1.29, 1.82) is 0 Å². The summed E-state index contributed by atoms with van der Waals surface area (Å²) in [6.07, 6.45) is 6.79. The number of fused-ring (bicyclic) bond motifs is 1. The number of aromatic amines is 1. The number of amides is 2. The highest BCUT2D eigenvalue weighted by atomic mass is 16.2. The van der Waals surface area contributed by atoms with Gasteiger partial charge in [0.25, 0.3) is 0 Å². The summed E-state index contributed by atoms with van der Waals surface area (Å²) in [4.78, 5) is 12.5. The van der Waals surface area contributed by atoms with Gasteiger partial charge in [-0.1, -0.05) is 30.3 Å². The number of nitrogens with one attached hydrogen (secondary N) is 3. The van der Waals surface area contributed by atoms with E-state index in [0.29, 0.717) is 0 Å². The van der Waals surface area contributed by atoms with Gasteiger partial charge in [0.05, 0.1) is 12.2 Å². The van der Waals surface area contributed by atoms with Gasteiger partial charge >= 0.3 is 6.03 Å². The van der Waals surface area contributed by atoms with Gasteiger partial charge in [-0.25, -0.2) is 4.79 Å². The number of aromatic nitrogens is 2. The third kappa shape index (κ3) is 3.33. The van der Waals surface area contributed by atoms with E-state index in [1.54, 1.807) is 6.20 Å². The molecule has 1 heterocycles. The van der Waals surface area contributed by atoms with E-state index in [1.807, 2.05) is 30.5 Å². The Kier molecular flexibility index (Phi) is 4.44. The second-order valence-corrected chi connectivity index (χ2v) is 6.75. The molecule has 5 nitrogen and oxygen atoms in total. The van der Waals surface area contributed by atoms with Crippen LogP contribution in [0.4, 0.5) is 10.5 Å². The minimum atomic E-state index is -0.166. The molecular weight excluding hydrogens is 324 g/mol. The van der Waals surface area contributed by atoms with Crippen LogP contribution in [0.25, 0.3) is 11.1 Å². The number of nitrogens with zero attached hydrogens (tertiary/aromatic N) is 1. The number of hydrogen-bond acceptors (Lipinski definition) is 2. The number of urea groups is 1. The standard InChI is InChI=1S/C21H22N4O/c1-14-4-2-6-19-18(14)5-3-7-20(19)25-21(26)24-17-10-8-15(9-11-17)16-12-22-23-13-16/h2,4,6,8-13,20H,3,5,7H2,1H3,(H,22,23)(H2,24,25,26). The van der Waals surface area contributed by atoms with Crippen LogP contribution in [-0.4, -0.2) is 16.2 Å². The third-order valence-corrected chi connectivity index (χ3v) is 5.02. The minimum absolute atomic E-state index is 0.0730. The third-order valence-electron chi connectivity index (χ3n) is 5.02. The Hall–Kier alpha value is -3.08. The highest BCUT2D eigenvalue weighted by Crippen LogP contribution is 2.31. The average Bonchev–Trinajstić information content (AvgIpc) is 3.18. The lowest BCUT2D eigenvalue weighted by atomic mass is 9.85. The van der Waals surface area contributed by atoms with Gasteiger partial charge in [0.15, 0.2) is 0 Å². The Morgan fingerprint density at radius 1 is 1.15 bits per heavy atom. The Morgan fingerprint density at radius 3 is 2.77 bits per heavy atom. The smallest absolute Gasteiger partial charge is 0.319 e. The summed E-state index contributed by atoms with van der Waals surface area (Å²) in [6.45, 7) is 2.14. The molecule has 0 saturated heterocycles. The van der Waals surface area contributed by atoms with Crippen LogP contribution in [0.3, 0.4) is 0 Å². The van der Waals surface area contributed by atoms with Gasteiger partial charge in [-0.15, -0.1) is 0 Å². The molecule has 0 spiro atoms. The van der Waals surface area contributed by atoms with Crippen LogP contribution < -0.4 is 10.6 Å². The van der Waals surface area contributed by atoms with Crippen LogP contribution in [0.5, 0.6) is 0 Å². The molecule has 0 radical (unpaired) electrons. The second kappa shape index (κ2) is 7.04. The van der Waals surface area contributed by atoms with E-state index >= 15 is 0 Å². The lowest BCUT2D eigenvalue weighted by Gasteiger charge is -2.27. The van der Waals surface area contributed by atoms with Gasteiger partial charge in [-0.2, -0.15) is 5.10 Å². The van der Waals surface area contributed by atoms with Gasteiger partial charge in [0.2, 0.25) is 0 Å². The van der Waals surface area contributed by atoms with Crippen molar-refractivity contribution in [3.63, 3.8) is 0 Å². The first-order valence-electron chi connectivity index (χ1n) is 8.96. The molecule has 0 fully saturated rings. The topological polar surface area (TPSA) is 69.8 Å². The van der Waals surface area contributed by atoms with Crippen molar-refractivity contribution >= 4 is 11.7 Å². The summed E-state index contributed by atoms with van der Waals surface area (Å²) < 4.78 is 0. The Balaban J connectivity index is 1.43. The number of carbonyl (C=O) groups excluding carboxylic acids is 1. The first-order chi connectivity index (χ1) is 12.7. The summed E-state index contributed by atoms with van der Waals surface area (Å²) >= 11 is 0. The Labute approximate surface area is 152 Å². The number of carbonyl (C=O) groups is 1. The van der Waals surface area contributed by atoms with Gasteiger partial charge in [-0.3, -0.25) is 5.10 Å². The van der Waals surface area contributed by atoms with E-state index in [2.05, 4.69) is 46.0 Å². The van der Waals surface area contributed by atoms with Crippen LogP contribution >= 0.6 is 0 Å². The van der Waals surface area contributed by atoms with Gasteiger partial charge < -0.3 is 10.6 Å². The fourth-order valence-electron chi connectivity index (χ4n) is 3.66. The number of H-pyrrole nitrogens is 1. The number of aryl methyl sites for hydroxylation is 1. The van der Waals surface area contributed by atoms with Gasteiger partial charge in [0, 0.05) is 17.4 Å². The van der Waals surface area contributed by atoms with Crippen molar-refractivity contribution in [2.24, 2.45) is 0 Å². The van der Waals surface area contributed by atoms with Gasteiger partial charge in [-0.05, 0) is 60.6 Å². The Bertz CT molecular complexity index is 900. The maximum atomic E-state index is 12.5. The summed E-state index contributed by atoms with van der Waals surface area (Å²) in [5, 5.41) is 12.8. The molecular formula is C21H22N4O. The lowest BCUT2D eigenvalue weighted by Crippen LogP contribution is -2.34. The van der Waals surface area contributed by atoms with Gasteiger partial charge in [0.1, 0.15) is 0 Å².